The van der Waals surface area contributed by atoms with Crippen molar-refractivity contribution in [3.05, 3.63) is 28.3 Å². The molecule has 0 atom stereocenters. The van der Waals surface area contributed by atoms with Gasteiger partial charge in [-0.2, -0.15) is 0 Å². The highest BCUT2D eigenvalue weighted by Gasteiger charge is 2.27. The first-order chi connectivity index (χ1) is 7.09. The third-order valence-corrected chi connectivity index (χ3v) is 2.82. The zero-order chi connectivity index (χ0) is 11.0. The highest BCUT2D eigenvalue weighted by atomic mass is 35.5. The van der Waals surface area contributed by atoms with E-state index in [2.05, 4.69) is 0 Å². The number of aryl methyl sites for hydroxylation is 1. The molecule has 1 aromatic carbocycles. The molecular formula is C11H11ClO3. The second-order valence-electron chi connectivity index (χ2n) is 3.69. The summed E-state index contributed by atoms with van der Waals surface area (Å²) in [4.78, 5) is 11.0. The number of rotatable bonds is 3. The fourth-order valence-corrected chi connectivity index (χ4v) is 1.56. The topological polar surface area (TPSA) is 46.5 Å². The van der Waals surface area contributed by atoms with Crippen molar-refractivity contribution in [1.29, 1.82) is 0 Å². The second-order valence-corrected chi connectivity index (χ2v) is 4.07. The van der Waals surface area contributed by atoms with Crippen molar-refractivity contribution in [2.75, 3.05) is 0 Å². The van der Waals surface area contributed by atoms with E-state index in [1.165, 1.54) is 0 Å². The van der Waals surface area contributed by atoms with E-state index in [1.54, 1.807) is 19.1 Å². The molecule has 1 saturated carbocycles. The number of benzene rings is 1. The summed E-state index contributed by atoms with van der Waals surface area (Å²) < 4.78 is 5.49. The van der Waals surface area contributed by atoms with Gasteiger partial charge < -0.3 is 9.84 Å². The van der Waals surface area contributed by atoms with Crippen molar-refractivity contribution < 1.29 is 14.6 Å². The van der Waals surface area contributed by atoms with Crippen molar-refractivity contribution >= 4 is 17.6 Å². The average molecular weight is 227 g/mol. The summed E-state index contributed by atoms with van der Waals surface area (Å²) in [6.07, 6.45) is 2.15. The fourth-order valence-electron chi connectivity index (χ4n) is 1.33. The van der Waals surface area contributed by atoms with Gasteiger partial charge in [0.05, 0.1) is 11.1 Å². The summed E-state index contributed by atoms with van der Waals surface area (Å²) >= 11 is 5.94. The minimum absolute atomic E-state index is 0.0727. The van der Waals surface area contributed by atoms with Crippen LogP contribution in [-0.4, -0.2) is 17.2 Å². The van der Waals surface area contributed by atoms with Gasteiger partial charge in [-0.15, -0.1) is 0 Å². The van der Waals surface area contributed by atoms with Gasteiger partial charge in [-0.05, 0) is 31.4 Å². The number of carboxylic acid groups (broad SMARTS) is 1. The smallest absolute Gasteiger partial charge is 0.341 e. The number of ether oxygens (including phenoxy) is 1. The largest absolute Gasteiger partial charge is 0.489 e. The number of aromatic carboxylic acids is 1. The number of hydrogen-bond acceptors (Lipinski definition) is 2. The minimum atomic E-state index is -1.04. The molecule has 15 heavy (non-hydrogen) atoms. The average Bonchev–Trinajstić information content (AvgIpc) is 2.95. The maximum Gasteiger partial charge on any atom is 0.341 e. The van der Waals surface area contributed by atoms with Crippen molar-refractivity contribution in [2.24, 2.45) is 0 Å². The molecule has 0 saturated heterocycles. The molecule has 1 aromatic rings. The SMILES string of the molecule is Cc1ccc(OC2CC2)c(C(=O)O)c1Cl. The predicted molar refractivity (Wildman–Crippen MR) is 56.8 cm³/mol. The summed E-state index contributed by atoms with van der Waals surface area (Å²) in [5, 5.41) is 9.30. The molecule has 1 fully saturated rings. The van der Waals surface area contributed by atoms with Gasteiger partial charge in [0, 0.05) is 0 Å². The quantitative estimate of drug-likeness (QED) is 0.862. The molecule has 0 unspecified atom stereocenters. The van der Waals surface area contributed by atoms with Crippen LogP contribution in [0, 0.1) is 6.92 Å². The summed E-state index contributed by atoms with van der Waals surface area (Å²) in [5.74, 6) is -0.667. The molecular weight excluding hydrogens is 216 g/mol. The molecule has 3 nitrogen and oxygen atoms in total. The Hall–Kier alpha value is -1.22. The molecule has 0 heterocycles. The summed E-state index contributed by atoms with van der Waals surface area (Å²) in [6, 6.07) is 3.44. The van der Waals surface area contributed by atoms with Crippen LogP contribution >= 0.6 is 11.6 Å². The molecule has 4 heteroatoms. The van der Waals surface area contributed by atoms with Gasteiger partial charge in [0.2, 0.25) is 0 Å². The number of halogens is 1. The highest BCUT2D eigenvalue weighted by Crippen LogP contribution is 2.34. The van der Waals surface area contributed by atoms with Crippen LogP contribution in [0.1, 0.15) is 28.8 Å². The van der Waals surface area contributed by atoms with Crippen LogP contribution < -0.4 is 4.74 Å². The molecule has 1 aliphatic carbocycles. The van der Waals surface area contributed by atoms with Crippen LogP contribution in [0.15, 0.2) is 12.1 Å². The van der Waals surface area contributed by atoms with Crippen molar-refractivity contribution in [1.82, 2.24) is 0 Å². The van der Waals surface area contributed by atoms with Gasteiger partial charge in [-0.3, -0.25) is 0 Å². The van der Waals surface area contributed by atoms with Crippen molar-refractivity contribution in [3.63, 3.8) is 0 Å². The summed E-state index contributed by atoms with van der Waals surface area (Å²) in [5.41, 5.74) is 0.820. The number of hydrogen-bond donors (Lipinski definition) is 1. The molecule has 1 N–H and O–H groups in total. The lowest BCUT2D eigenvalue weighted by Gasteiger charge is -2.10. The van der Waals surface area contributed by atoms with Gasteiger partial charge in [0.15, 0.2) is 0 Å². The molecule has 0 bridgehead atoms. The molecule has 0 radical (unpaired) electrons. The van der Waals surface area contributed by atoms with E-state index >= 15 is 0 Å². The second kappa shape index (κ2) is 3.74. The Balaban J connectivity index is 2.42. The molecule has 0 spiro atoms. The molecule has 1 aliphatic rings. The lowest BCUT2D eigenvalue weighted by atomic mass is 10.1. The Morgan fingerprint density at radius 1 is 1.53 bits per heavy atom. The predicted octanol–water partition coefficient (Wildman–Crippen LogP) is 2.89. The van der Waals surface area contributed by atoms with Gasteiger partial charge >= 0.3 is 5.97 Å². The molecule has 2 rings (SSSR count). The van der Waals surface area contributed by atoms with E-state index in [9.17, 15) is 4.79 Å². The zero-order valence-corrected chi connectivity index (χ0v) is 9.04. The number of carbonyl (C=O) groups is 1. The van der Waals surface area contributed by atoms with Gasteiger partial charge in [0.1, 0.15) is 11.3 Å². The standard InChI is InChI=1S/C11H11ClO3/c1-6-2-5-8(15-7-3-4-7)9(10(6)12)11(13)14/h2,5,7H,3-4H2,1H3,(H,13,14). The minimum Gasteiger partial charge on any atom is -0.489 e. The Morgan fingerprint density at radius 3 is 2.73 bits per heavy atom. The number of carboxylic acids is 1. The molecule has 0 amide bonds. The van der Waals surface area contributed by atoms with Crippen LogP contribution in [0.3, 0.4) is 0 Å². The zero-order valence-electron chi connectivity index (χ0n) is 8.29. The molecule has 0 aliphatic heterocycles. The lowest BCUT2D eigenvalue weighted by Crippen LogP contribution is -2.06. The van der Waals surface area contributed by atoms with E-state index < -0.39 is 5.97 Å². The lowest BCUT2D eigenvalue weighted by molar-refractivity contribution is 0.0692. The van der Waals surface area contributed by atoms with Crippen LogP contribution in [0.4, 0.5) is 0 Å². The van der Waals surface area contributed by atoms with Gasteiger partial charge in [-0.25, -0.2) is 4.79 Å². The normalized spacial score (nSPS) is 15.1. The summed E-state index contributed by atoms with van der Waals surface area (Å²) in [6.45, 7) is 1.77. The van der Waals surface area contributed by atoms with E-state index in [0.717, 1.165) is 18.4 Å². The van der Waals surface area contributed by atoms with Crippen LogP contribution in [0.25, 0.3) is 0 Å². The third-order valence-electron chi connectivity index (χ3n) is 2.33. The Kier molecular flexibility index (Phi) is 2.57. The summed E-state index contributed by atoms with van der Waals surface area (Å²) in [7, 11) is 0. The van der Waals surface area contributed by atoms with Crippen LogP contribution in [0.5, 0.6) is 5.75 Å². The van der Waals surface area contributed by atoms with Crippen LogP contribution in [-0.2, 0) is 0 Å². The van der Waals surface area contributed by atoms with Gasteiger partial charge in [-0.1, -0.05) is 17.7 Å². The third kappa shape index (κ3) is 2.07. The Bertz CT molecular complexity index is 411. The van der Waals surface area contributed by atoms with E-state index in [4.69, 9.17) is 21.4 Å². The van der Waals surface area contributed by atoms with Gasteiger partial charge in [0.25, 0.3) is 0 Å². The maximum absolute atomic E-state index is 11.0. The van der Waals surface area contributed by atoms with Crippen molar-refractivity contribution in [3.8, 4) is 5.75 Å². The first kappa shape index (κ1) is 10.3. The first-order valence-electron chi connectivity index (χ1n) is 4.78. The van der Waals surface area contributed by atoms with Crippen molar-refractivity contribution in [2.45, 2.75) is 25.9 Å². The van der Waals surface area contributed by atoms with E-state index in [1.807, 2.05) is 0 Å². The Morgan fingerprint density at radius 2 is 2.20 bits per heavy atom. The van der Waals surface area contributed by atoms with E-state index in [0.29, 0.717) is 5.75 Å². The molecule has 0 aromatic heterocycles. The first-order valence-corrected chi connectivity index (χ1v) is 5.16. The fraction of sp³-hybridized carbons (Fsp3) is 0.364. The maximum atomic E-state index is 11.0. The highest BCUT2D eigenvalue weighted by molar-refractivity contribution is 6.34. The monoisotopic (exact) mass is 226 g/mol. The van der Waals surface area contributed by atoms with E-state index in [-0.39, 0.29) is 16.7 Å². The molecule has 80 valence electrons. The van der Waals surface area contributed by atoms with Crippen LogP contribution in [0.2, 0.25) is 5.02 Å². The Labute approximate surface area is 92.6 Å².